The predicted molar refractivity (Wildman–Crippen MR) is 145 cm³/mol. The number of nitrogens with zero attached hydrogens (tertiary/aromatic N) is 4. The molecule has 0 radical (unpaired) electrons. The molecule has 0 saturated carbocycles. The third kappa shape index (κ3) is 8.12. The zero-order chi connectivity index (χ0) is 31.2. The number of halogens is 5. The monoisotopic (exact) mass is 615 g/mol. The summed E-state index contributed by atoms with van der Waals surface area (Å²) < 4.78 is 87.7. The molecule has 4 rings (SSSR count). The van der Waals surface area contributed by atoms with Gasteiger partial charge in [-0.2, -0.15) is 26.0 Å². The first kappa shape index (κ1) is 32.7. The van der Waals surface area contributed by atoms with Crippen LogP contribution >= 0.6 is 0 Å². The number of pyridine rings is 2. The molecule has 1 unspecified atom stereocenters. The van der Waals surface area contributed by atoms with Crippen molar-refractivity contribution >= 4 is 27.5 Å². The van der Waals surface area contributed by atoms with Crippen molar-refractivity contribution < 1.29 is 40.3 Å². The van der Waals surface area contributed by atoms with Crippen molar-refractivity contribution in [3.05, 3.63) is 77.6 Å². The highest BCUT2D eigenvalue weighted by atomic mass is 32.2. The van der Waals surface area contributed by atoms with E-state index in [2.05, 4.69) is 38.6 Å². The van der Waals surface area contributed by atoms with E-state index in [4.69, 9.17) is 9.90 Å². The van der Waals surface area contributed by atoms with Crippen molar-refractivity contribution in [3.8, 4) is 0 Å². The van der Waals surface area contributed by atoms with Gasteiger partial charge in [0, 0.05) is 37.8 Å². The molecule has 0 spiro atoms. The summed E-state index contributed by atoms with van der Waals surface area (Å²) in [7, 11) is -2.50. The summed E-state index contributed by atoms with van der Waals surface area (Å²) in [6.45, 7) is 5.54. The van der Waals surface area contributed by atoms with Crippen LogP contribution in [0.25, 0.3) is 0 Å². The first-order valence-corrected chi connectivity index (χ1v) is 14.2. The summed E-state index contributed by atoms with van der Waals surface area (Å²) in [6, 6.07) is 14.5. The molecule has 3 aromatic rings. The maximum Gasteiger partial charge on any atom is 0.490 e. The molecule has 2 aromatic heterocycles. The number of benzene rings is 1. The van der Waals surface area contributed by atoms with Gasteiger partial charge in [-0.3, -0.25) is 9.62 Å². The lowest BCUT2D eigenvalue weighted by Gasteiger charge is -2.40. The molecule has 1 fully saturated rings. The number of anilines is 2. The van der Waals surface area contributed by atoms with Crippen LogP contribution in [0.1, 0.15) is 36.9 Å². The normalized spacial score (nSPS) is 15.3. The Morgan fingerprint density at radius 2 is 1.69 bits per heavy atom. The van der Waals surface area contributed by atoms with Gasteiger partial charge in [0.15, 0.2) is 5.82 Å². The van der Waals surface area contributed by atoms with Crippen LogP contribution in [0.4, 0.5) is 33.5 Å². The van der Waals surface area contributed by atoms with Crippen LogP contribution in [0.5, 0.6) is 0 Å². The molecule has 0 amide bonds. The number of rotatable bonds is 7. The van der Waals surface area contributed by atoms with Gasteiger partial charge in [0.25, 0.3) is 10.0 Å². The summed E-state index contributed by atoms with van der Waals surface area (Å²) in [4.78, 5) is 20.7. The number of hydrogen-bond donors (Lipinski definition) is 2. The zero-order valence-corrected chi connectivity index (χ0v) is 23.8. The summed E-state index contributed by atoms with van der Waals surface area (Å²) in [5.74, 6) is -4.79. The molecule has 1 aliphatic rings. The summed E-state index contributed by atoms with van der Waals surface area (Å²) in [6.07, 6.45) is -1.92. The highest BCUT2D eigenvalue weighted by molar-refractivity contribution is 7.92. The number of alkyl halides is 3. The Bertz CT molecular complexity index is 1480. The second-order valence-electron chi connectivity index (χ2n) is 9.61. The number of aliphatic carboxylic acids is 1. The molecule has 15 heteroatoms. The number of piperidine rings is 1. The van der Waals surface area contributed by atoms with Gasteiger partial charge < -0.3 is 10.0 Å². The van der Waals surface area contributed by atoms with Crippen LogP contribution in [0.2, 0.25) is 0 Å². The van der Waals surface area contributed by atoms with Crippen LogP contribution in [0, 0.1) is 18.7 Å². The minimum Gasteiger partial charge on any atom is -0.475 e. The van der Waals surface area contributed by atoms with Gasteiger partial charge in [-0.05, 0) is 44.4 Å². The highest BCUT2D eigenvalue weighted by Gasteiger charge is 2.38. The van der Waals surface area contributed by atoms with E-state index in [1.54, 1.807) is 0 Å². The number of carboxylic acids is 1. The van der Waals surface area contributed by atoms with Crippen LogP contribution in [-0.4, -0.2) is 66.7 Å². The lowest BCUT2D eigenvalue weighted by molar-refractivity contribution is -0.192. The van der Waals surface area contributed by atoms with Gasteiger partial charge in [0.1, 0.15) is 5.82 Å². The van der Waals surface area contributed by atoms with Crippen molar-refractivity contribution in [3.63, 3.8) is 0 Å². The van der Waals surface area contributed by atoms with E-state index in [0.717, 1.165) is 32.0 Å². The van der Waals surface area contributed by atoms with Crippen molar-refractivity contribution in [2.75, 3.05) is 29.8 Å². The quantitative estimate of drug-likeness (QED) is 0.277. The number of aromatic nitrogens is 2. The Morgan fingerprint density at radius 3 is 2.24 bits per heavy atom. The Morgan fingerprint density at radius 1 is 1.10 bits per heavy atom. The fourth-order valence-electron chi connectivity index (χ4n) is 4.54. The van der Waals surface area contributed by atoms with Gasteiger partial charge in [-0.25, -0.2) is 19.2 Å². The zero-order valence-electron chi connectivity index (χ0n) is 22.9. The second-order valence-corrected chi connectivity index (χ2v) is 11.2. The SMILES string of the molecule is Cc1c(N(C)C2CCN(C(C)c3ccccc3)CC2)cnc(S(=O)(=O)Nc2cccc(F)n2)c1F.O=C(O)C(F)(F)F. The third-order valence-corrected chi connectivity index (χ3v) is 8.18. The number of hydrogen-bond acceptors (Lipinski definition) is 7. The Labute approximate surface area is 240 Å². The molecular weight excluding hydrogens is 585 g/mol. The lowest BCUT2D eigenvalue weighted by Crippen LogP contribution is -2.44. The van der Waals surface area contributed by atoms with E-state index in [0.29, 0.717) is 11.7 Å². The molecule has 1 atom stereocenters. The van der Waals surface area contributed by atoms with E-state index < -0.39 is 39.0 Å². The first-order chi connectivity index (χ1) is 19.6. The van der Waals surface area contributed by atoms with Crippen molar-refractivity contribution in [1.29, 1.82) is 0 Å². The Kier molecular flexibility index (Phi) is 10.4. The second kappa shape index (κ2) is 13.4. The number of carbonyl (C=O) groups is 1. The van der Waals surface area contributed by atoms with Crippen molar-refractivity contribution in [1.82, 2.24) is 14.9 Å². The van der Waals surface area contributed by atoms with E-state index >= 15 is 4.39 Å². The number of carboxylic acid groups (broad SMARTS) is 1. The van der Waals surface area contributed by atoms with Gasteiger partial charge in [-0.1, -0.05) is 36.4 Å². The van der Waals surface area contributed by atoms with Crippen molar-refractivity contribution in [2.24, 2.45) is 0 Å². The van der Waals surface area contributed by atoms with E-state index in [1.165, 1.54) is 30.8 Å². The predicted octanol–water partition coefficient (Wildman–Crippen LogP) is 5.16. The average Bonchev–Trinajstić information content (AvgIpc) is 2.94. The fourth-order valence-corrected chi connectivity index (χ4v) is 5.61. The van der Waals surface area contributed by atoms with E-state index in [-0.39, 0.29) is 17.4 Å². The van der Waals surface area contributed by atoms with Gasteiger partial charge in [0.2, 0.25) is 11.0 Å². The fraction of sp³-hybridized carbons (Fsp3) is 0.370. The Hall–Kier alpha value is -3.85. The average molecular weight is 616 g/mol. The Balaban J connectivity index is 0.000000616. The van der Waals surface area contributed by atoms with Gasteiger partial charge >= 0.3 is 12.1 Å². The smallest absolute Gasteiger partial charge is 0.475 e. The van der Waals surface area contributed by atoms with Gasteiger partial charge in [-0.15, -0.1) is 0 Å². The molecule has 228 valence electrons. The maximum absolute atomic E-state index is 15.2. The minimum atomic E-state index is -5.08. The molecule has 42 heavy (non-hydrogen) atoms. The number of sulfonamides is 1. The molecule has 3 heterocycles. The molecule has 1 aliphatic heterocycles. The molecule has 1 aromatic carbocycles. The van der Waals surface area contributed by atoms with E-state index in [1.807, 2.05) is 30.1 Å². The molecular formula is C27H30F5N5O4S. The first-order valence-electron chi connectivity index (χ1n) is 12.7. The molecule has 0 bridgehead atoms. The molecule has 0 aliphatic carbocycles. The van der Waals surface area contributed by atoms with E-state index in [9.17, 15) is 26.0 Å². The van der Waals surface area contributed by atoms with Crippen LogP contribution in [-0.2, 0) is 14.8 Å². The van der Waals surface area contributed by atoms with Crippen LogP contribution in [0.3, 0.4) is 0 Å². The molecule has 2 N–H and O–H groups in total. The largest absolute Gasteiger partial charge is 0.490 e. The molecule has 9 nitrogen and oxygen atoms in total. The minimum absolute atomic E-state index is 0.172. The third-order valence-electron chi connectivity index (χ3n) is 6.91. The summed E-state index contributed by atoms with van der Waals surface area (Å²) in [5, 5.41) is 6.38. The number of nitrogens with one attached hydrogen (secondary N) is 1. The summed E-state index contributed by atoms with van der Waals surface area (Å²) >= 11 is 0. The standard InChI is InChI=1S/C25H29F2N5O2S.C2HF3O2/c1-17-21(16-28-25(24(17)27)35(33,34)30-23-11-7-10-22(26)29-23)31(3)20-12-14-32(15-13-20)18(2)19-8-5-4-6-9-19;3-2(4,5)1(6)7/h4-11,16,18,20H,12-15H2,1-3H3,(H,29,30);(H,6,7). The highest BCUT2D eigenvalue weighted by Crippen LogP contribution is 2.31. The topological polar surface area (TPSA) is 116 Å². The molecule has 1 saturated heterocycles. The lowest BCUT2D eigenvalue weighted by atomic mass is 9.98. The number of likely N-dealkylation sites (tertiary alicyclic amines) is 1. The summed E-state index contributed by atoms with van der Waals surface area (Å²) in [5.41, 5.74) is 2.01. The van der Waals surface area contributed by atoms with Crippen molar-refractivity contribution in [2.45, 2.75) is 50.0 Å². The van der Waals surface area contributed by atoms with Gasteiger partial charge in [0.05, 0.1) is 11.9 Å². The maximum atomic E-state index is 15.2. The van der Waals surface area contributed by atoms with Crippen LogP contribution in [0.15, 0.2) is 59.8 Å². The van der Waals surface area contributed by atoms with Crippen LogP contribution < -0.4 is 9.62 Å².